The van der Waals surface area contributed by atoms with Gasteiger partial charge in [-0.3, -0.25) is 14.9 Å². The molecular weight excluding hydrogens is 500 g/mol. The Morgan fingerprint density at radius 3 is 2.43 bits per heavy atom. The summed E-state index contributed by atoms with van der Waals surface area (Å²) in [7, 11) is -2.34. The van der Waals surface area contributed by atoms with Gasteiger partial charge in [-0.05, 0) is 42.5 Å². The molecule has 12 heteroatoms. The molecule has 1 aliphatic rings. The number of hydrogen-bond donors (Lipinski definition) is 1. The minimum Gasteiger partial charge on any atom is -0.481 e. The van der Waals surface area contributed by atoms with Crippen molar-refractivity contribution in [2.45, 2.75) is 44.0 Å². The van der Waals surface area contributed by atoms with Gasteiger partial charge in [-0.15, -0.1) is 0 Å². The van der Waals surface area contributed by atoms with Crippen LogP contribution in [0, 0.1) is 16.0 Å². The summed E-state index contributed by atoms with van der Waals surface area (Å²) in [5.41, 5.74) is 1.16. The SMILES string of the molecule is CC1=NC(=O)N(CCCN(C)S(=O)(=O)c2ccc(C(C)C)cc2)C(c2cccc([N+](=O)[O-])c2)C1C(=O)O. The van der Waals surface area contributed by atoms with E-state index in [0.717, 1.165) is 5.56 Å². The van der Waals surface area contributed by atoms with Crippen molar-refractivity contribution in [2.24, 2.45) is 10.9 Å². The van der Waals surface area contributed by atoms with Gasteiger partial charge in [-0.1, -0.05) is 38.1 Å². The van der Waals surface area contributed by atoms with E-state index >= 15 is 0 Å². The molecule has 0 spiro atoms. The van der Waals surface area contributed by atoms with E-state index in [-0.39, 0.29) is 47.3 Å². The first-order valence-corrected chi connectivity index (χ1v) is 13.2. The van der Waals surface area contributed by atoms with Crippen molar-refractivity contribution in [2.75, 3.05) is 20.1 Å². The van der Waals surface area contributed by atoms with Gasteiger partial charge in [0.1, 0.15) is 5.92 Å². The number of amides is 2. The van der Waals surface area contributed by atoms with Gasteiger partial charge in [0.05, 0.1) is 15.9 Å². The van der Waals surface area contributed by atoms with Crippen LogP contribution in [0.3, 0.4) is 0 Å². The lowest BCUT2D eigenvalue weighted by Crippen LogP contribution is -2.47. The lowest BCUT2D eigenvalue weighted by atomic mass is 9.86. The van der Waals surface area contributed by atoms with Crippen LogP contribution in [0.5, 0.6) is 0 Å². The fraction of sp³-hybridized carbons (Fsp3) is 0.400. The van der Waals surface area contributed by atoms with E-state index in [9.17, 15) is 33.2 Å². The molecule has 1 heterocycles. The highest BCUT2D eigenvalue weighted by Crippen LogP contribution is 2.36. The highest BCUT2D eigenvalue weighted by atomic mass is 32.2. The van der Waals surface area contributed by atoms with Crippen molar-refractivity contribution in [1.29, 1.82) is 0 Å². The van der Waals surface area contributed by atoms with Crippen LogP contribution in [-0.4, -0.2) is 65.5 Å². The van der Waals surface area contributed by atoms with Crippen molar-refractivity contribution < 1.29 is 28.0 Å². The number of nitro benzene ring substituents is 1. The Labute approximate surface area is 215 Å². The lowest BCUT2D eigenvalue weighted by Gasteiger charge is -2.38. The molecule has 198 valence electrons. The Morgan fingerprint density at radius 1 is 1.22 bits per heavy atom. The van der Waals surface area contributed by atoms with E-state index in [2.05, 4.69) is 4.99 Å². The van der Waals surface area contributed by atoms with E-state index < -0.39 is 38.9 Å². The Balaban J connectivity index is 1.82. The van der Waals surface area contributed by atoms with Crippen molar-refractivity contribution >= 4 is 33.4 Å². The Morgan fingerprint density at radius 2 is 1.86 bits per heavy atom. The van der Waals surface area contributed by atoms with E-state index in [1.165, 1.54) is 47.4 Å². The fourth-order valence-electron chi connectivity index (χ4n) is 4.34. The summed E-state index contributed by atoms with van der Waals surface area (Å²) < 4.78 is 27.2. The van der Waals surface area contributed by atoms with Gasteiger partial charge in [0.15, 0.2) is 0 Å². The molecule has 2 amide bonds. The predicted octanol–water partition coefficient (Wildman–Crippen LogP) is 4.07. The van der Waals surface area contributed by atoms with Gasteiger partial charge in [0.25, 0.3) is 5.69 Å². The maximum atomic E-state index is 13.0. The first-order chi connectivity index (χ1) is 17.3. The molecule has 1 aliphatic heterocycles. The number of nitrogens with zero attached hydrogens (tertiary/aromatic N) is 4. The number of non-ortho nitro benzene ring substituents is 1. The highest BCUT2D eigenvalue weighted by Gasteiger charge is 2.42. The summed E-state index contributed by atoms with van der Waals surface area (Å²) in [5, 5.41) is 21.2. The van der Waals surface area contributed by atoms with Gasteiger partial charge in [-0.25, -0.2) is 22.5 Å². The van der Waals surface area contributed by atoms with Crippen LogP contribution >= 0.6 is 0 Å². The maximum Gasteiger partial charge on any atom is 0.344 e. The van der Waals surface area contributed by atoms with Gasteiger partial charge >= 0.3 is 12.0 Å². The molecule has 0 aromatic heterocycles. The summed E-state index contributed by atoms with van der Waals surface area (Å²) in [6, 6.07) is 10.4. The molecule has 0 saturated heterocycles. The van der Waals surface area contributed by atoms with Crippen molar-refractivity contribution in [3.8, 4) is 0 Å². The van der Waals surface area contributed by atoms with Crippen LogP contribution in [0.2, 0.25) is 0 Å². The van der Waals surface area contributed by atoms with Gasteiger partial charge < -0.3 is 10.0 Å². The number of carboxylic acid groups (broad SMARTS) is 1. The normalized spacial score (nSPS) is 18.3. The standard InChI is InChI=1S/C25H30N4O7S/c1-16(2)18-9-11-21(12-10-18)37(35,36)27(4)13-6-14-28-23(19-7-5-8-20(15-19)29(33)34)22(24(30)31)17(3)26-25(28)32/h5,7-12,15-16,22-23H,6,13-14H2,1-4H3,(H,30,31). The number of aliphatic imine (C=N–C) groups is 1. The van der Waals surface area contributed by atoms with Crippen LogP contribution in [0.1, 0.15) is 50.3 Å². The molecule has 11 nitrogen and oxygen atoms in total. The van der Waals surface area contributed by atoms with Crippen molar-refractivity contribution in [3.05, 3.63) is 69.8 Å². The second-order valence-electron chi connectivity index (χ2n) is 9.25. The fourth-order valence-corrected chi connectivity index (χ4v) is 5.55. The molecule has 0 radical (unpaired) electrons. The van der Waals surface area contributed by atoms with Crippen molar-refractivity contribution in [1.82, 2.24) is 9.21 Å². The summed E-state index contributed by atoms with van der Waals surface area (Å²) in [4.78, 5) is 40.9. The van der Waals surface area contributed by atoms with Crippen LogP contribution in [0.4, 0.5) is 10.5 Å². The number of nitro groups is 1. The van der Waals surface area contributed by atoms with Crippen LogP contribution in [0.25, 0.3) is 0 Å². The third-order valence-corrected chi connectivity index (χ3v) is 8.31. The second kappa shape index (κ2) is 11.2. The van der Waals surface area contributed by atoms with Gasteiger partial charge in [-0.2, -0.15) is 0 Å². The molecule has 0 fully saturated rings. The monoisotopic (exact) mass is 530 g/mol. The number of aliphatic carboxylic acids is 1. The highest BCUT2D eigenvalue weighted by molar-refractivity contribution is 7.89. The minimum atomic E-state index is -3.78. The molecule has 2 atom stereocenters. The number of sulfonamides is 1. The number of carboxylic acids is 1. The first kappa shape index (κ1) is 27.9. The molecule has 2 aromatic carbocycles. The topological polar surface area (TPSA) is 150 Å². The van der Waals surface area contributed by atoms with Crippen LogP contribution < -0.4 is 0 Å². The maximum absolute atomic E-state index is 13.0. The van der Waals surface area contributed by atoms with E-state index in [4.69, 9.17) is 0 Å². The predicted molar refractivity (Wildman–Crippen MR) is 137 cm³/mol. The lowest BCUT2D eigenvalue weighted by molar-refractivity contribution is -0.385. The van der Waals surface area contributed by atoms with Gasteiger partial charge in [0.2, 0.25) is 10.0 Å². The molecule has 0 bridgehead atoms. The molecular formula is C25H30N4O7S. The first-order valence-electron chi connectivity index (χ1n) is 11.7. The largest absolute Gasteiger partial charge is 0.481 e. The Kier molecular flexibility index (Phi) is 8.44. The third-order valence-electron chi connectivity index (χ3n) is 6.43. The third kappa shape index (κ3) is 6.03. The molecule has 3 rings (SSSR count). The van der Waals surface area contributed by atoms with E-state index in [1.807, 2.05) is 13.8 Å². The molecule has 0 saturated carbocycles. The summed E-state index contributed by atoms with van der Waals surface area (Å²) in [6.07, 6.45) is 0.192. The number of hydrogen-bond acceptors (Lipinski definition) is 6. The van der Waals surface area contributed by atoms with E-state index in [0.29, 0.717) is 0 Å². The van der Waals surface area contributed by atoms with E-state index in [1.54, 1.807) is 24.3 Å². The molecule has 2 unspecified atom stereocenters. The van der Waals surface area contributed by atoms with Crippen LogP contribution in [-0.2, 0) is 14.8 Å². The zero-order valence-corrected chi connectivity index (χ0v) is 21.9. The summed E-state index contributed by atoms with van der Waals surface area (Å²) >= 11 is 0. The summed E-state index contributed by atoms with van der Waals surface area (Å²) in [6.45, 7) is 5.51. The molecule has 37 heavy (non-hydrogen) atoms. The average Bonchev–Trinajstić information content (AvgIpc) is 2.84. The van der Waals surface area contributed by atoms with Crippen molar-refractivity contribution in [3.63, 3.8) is 0 Å². The number of carbonyl (C=O) groups is 2. The number of urea groups is 1. The molecule has 2 aromatic rings. The zero-order valence-electron chi connectivity index (χ0n) is 21.1. The number of rotatable bonds is 10. The minimum absolute atomic E-state index is 0.00109. The number of carbonyl (C=O) groups excluding carboxylic acids is 1. The van der Waals surface area contributed by atoms with Gasteiger partial charge in [0, 0.05) is 38.0 Å². The average molecular weight is 531 g/mol. The second-order valence-corrected chi connectivity index (χ2v) is 11.3. The van der Waals surface area contributed by atoms with Crippen LogP contribution in [0.15, 0.2) is 58.4 Å². The molecule has 0 aliphatic carbocycles. The Hall–Kier alpha value is -3.64. The summed E-state index contributed by atoms with van der Waals surface area (Å²) in [5.74, 6) is -2.17. The zero-order chi connectivity index (χ0) is 27.5. The molecule has 1 N–H and O–H groups in total. The Bertz CT molecular complexity index is 1320. The number of benzene rings is 2. The smallest absolute Gasteiger partial charge is 0.344 e. The quantitative estimate of drug-likeness (QED) is 0.359.